The van der Waals surface area contributed by atoms with Gasteiger partial charge >= 0.3 is 0 Å². The highest BCUT2D eigenvalue weighted by atomic mass is 16.5. The van der Waals surface area contributed by atoms with Crippen molar-refractivity contribution in [3.8, 4) is 5.75 Å². The highest BCUT2D eigenvalue weighted by Crippen LogP contribution is 2.31. The third kappa shape index (κ3) is 2.74. The molecule has 108 valence electrons. The standard InChI is InChI=1S/C18H19NO2/c1-2-4-17-15(3-1)16-11-14(7-8-18(16)21-17)20-10-9-19-12-13-5-6-13/h1-4,7-8,11,13,19H,5-6,9-10,12H2. The molecule has 3 nitrogen and oxygen atoms in total. The Morgan fingerprint density at radius 1 is 1.05 bits per heavy atom. The lowest BCUT2D eigenvalue weighted by molar-refractivity contribution is 0.313. The number of hydrogen-bond acceptors (Lipinski definition) is 3. The minimum absolute atomic E-state index is 0.702. The van der Waals surface area contributed by atoms with Crippen LogP contribution in [0, 0.1) is 5.92 Å². The van der Waals surface area contributed by atoms with Gasteiger partial charge in [-0.05, 0) is 49.6 Å². The maximum Gasteiger partial charge on any atom is 0.135 e. The monoisotopic (exact) mass is 281 g/mol. The molecule has 3 aromatic rings. The lowest BCUT2D eigenvalue weighted by atomic mass is 10.1. The molecule has 0 bridgehead atoms. The maximum atomic E-state index is 5.83. The molecule has 21 heavy (non-hydrogen) atoms. The fourth-order valence-electron chi connectivity index (χ4n) is 2.66. The topological polar surface area (TPSA) is 34.4 Å². The summed E-state index contributed by atoms with van der Waals surface area (Å²) in [5, 5.41) is 5.70. The highest BCUT2D eigenvalue weighted by Gasteiger charge is 2.19. The molecule has 0 spiro atoms. The zero-order valence-electron chi connectivity index (χ0n) is 12.0. The minimum Gasteiger partial charge on any atom is -0.492 e. The predicted octanol–water partition coefficient (Wildman–Crippen LogP) is 3.96. The zero-order chi connectivity index (χ0) is 14.1. The second kappa shape index (κ2) is 5.41. The Kier molecular flexibility index (Phi) is 3.28. The number of rotatable bonds is 6. The first-order valence-corrected chi connectivity index (χ1v) is 7.65. The SMILES string of the molecule is c1ccc2c(c1)oc1ccc(OCCNCC3CC3)cc12. The number of benzene rings is 2. The van der Waals surface area contributed by atoms with Crippen molar-refractivity contribution >= 4 is 21.9 Å². The van der Waals surface area contributed by atoms with E-state index in [1.54, 1.807) is 0 Å². The van der Waals surface area contributed by atoms with Crippen LogP contribution in [0.1, 0.15) is 12.8 Å². The van der Waals surface area contributed by atoms with E-state index in [2.05, 4.69) is 17.4 Å². The first kappa shape index (κ1) is 12.7. The lowest BCUT2D eigenvalue weighted by Gasteiger charge is -2.07. The fourth-order valence-corrected chi connectivity index (χ4v) is 2.66. The molecule has 0 aliphatic heterocycles. The summed E-state index contributed by atoms with van der Waals surface area (Å²) >= 11 is 0. The van der Waals surface area contributed by atoms with Gasteiger partial charge in [0.2, 0.25) is 0 Å². The molecule has 1 N–H and O–H groups in total. The van der Waals surface area contributed by atoms with Crippen LogP contribution in [0.3, 0.4) is 0 Å². The summed E-state index contributed by atoms with van der Waals surface area (Å²) in [5.74, 6) is 1.82. The van der Waals surface area contributed by atoms with E-state index >= 15 is 0 Å². The van der Waals surface area contributed by atoms with E-state index < -0.39 is 0 Å². The van der Waals surface area contributed by atoms with Crippen molar-refractivity contribution in [3.05, 3.63) is 42.5 Å². The van der Waals surface area contributed by atoms with Gasteiger partial charge in [0.05, 0.1) is 0 Å². The van der Waals surface area contributed by atoms with Gasteiger partial charge in [0.25, 0.3) is 0 Å². The van der Waals surface area contributed by atoms with Crippen LogP contribution in [0.5, 0.6) is 5.75 Å². The van der Waals surface area contributed by atoms with Crippen molar-refractivity contribution in [2.45, 2.75) is 12.8 Å². The Balaban J connectivity index is 1.46. The summed E-state index contributed by atoms with van der Waals surface area (Å²) in [7, 11) is 0. The minimum atomic E-state index is 0.702. The van der Waals surface area contributed by atoms with Crippen molar-refractivity contribution in [2.24, 2.45) is 5.92 Å². The Morgan fingerprint density at radius 2 is 1.90 bits per heavy atom. The van der Waals surface area contributed by atoms with Gasteiger partial charge in [0, 0.05) is 17.3 Å². The summed E-state index contributed by atoms with van der Waals surface area (Å²) in [6.07, 6.45) is 2.77. The quantitative estimate of drug-likeness (QED) is 0.694. The van der Waals surface area contributed by atoms with Crippen molar-refractivity contribution in [2.75, 3.05) is 19.7 Å². The fraction of sp³-hybridized carbons (Fsp3) is 0.333. The molecule has 2 aromatic carbocycles. The highest BCUT2D eigenvalue weighted by molar-refractivity contribution is 6.05. The first-order chi connectivity index (χ1) is 10.4. The molecular formula is C18H19NO2. The van der Waals surface area contributed by atoms with E-state index in [1.807, 2.05) is 30.3 Å². The molecule has 0 radical (unpaired) electrons. The molecule has 1 aliphatic carbocycles. The molecule has 3 heteroatoms. The largest absolute Gasteiger partial charge is 0.492 e. The molecule has 1 aliphatic rings. The van der Waals surface area contributed by atoms with Crippen molar-refractivity contribution < 1.29 is 9.15 Å². The summed E-state index contributed by atoms with van der Waals surface area (Å²) in [5.41, 5.74) is 1.84. The predicted molar refractivity (Wildman–Crippen MR) is 84.8 cm³/mol. The summed E-state index contributed by atoms with van der Waals surface area (Å²) in [6.45, 7) is 2.74. The Hall–Kier alpha value is -2.00. The van der Waals surface area contributed by atoms with Crippen molar-refractivity contribution in [1.29, 1.82) is 0 Å². The molecule has 1 fully saturated rings. The van der Waals surface area contributed by atoms with Crippen molar-refractivity contribution in [3.63, 3.8) is 0 Å². The third-order valence-corrected chi connectivity index (χ3v) is 4.03. The number of para-hydroxylation sites is 1. The zero-order valence-corrected chi connectivity index (χ0v) is 12.0. The van der Waals surface area contributed by atoms with Crippen LogP contribution in [0.15, 0.2) is 46.9 Å². The van der Waals surface area contributed by atoms with Crippen LogP contribution >= 0.6 is 0 Å². The van der Waals surface area contributed by atoms with Gasteiger partial charge in [-0.3, -0.25) is 0 Å². The second-order valence-electron chi connectivity index (χ2n) is 5.75. The van der Waals surface area contributed by atoms with Gasteiger partial charge in [-0.15, -0.1) is 0 Å². The number of fused-ring (bicyclic) bond motifs is 3. The Labute approximate surface area is 123 Å². The van der Waals surface area contributed by atoms with E-state index in [0.717, 1.165) is 46.7 Å². The molecule has 1 saturated carbocycles. The number of hydrogen-bond donors (Lipinski definition) is 1. The van der Waals surface area contributed by atoms with Crippen LogP contribution in [-0.4, -0.2) is 19.7 Å². The average molecular weight is 281 g/mol. The molecule has 0 atom stereocenters. The Bertz CT molecular complexity index is 758. The maximum absolute atomic E-state index is 5.83. The van der Waals surface area contributed by atoms with Crippen LogP contribution in [0.2, 0.25) is 0 Å². The molecular weight excluding hydrogens is 262 g/mol. The number of furan rings is 1. The van der Waals surface area contributed by atoms with E-state index in [4.69, 9.17) is 9.15 Å². The van der Waals surface area contributed by atoms with Crippen LogP contribution < -0.4 is 10.1 Å². The molecule has 4 rings (SSSR count). The molecule has 1 heterocycles. The van der Waals surface area contributed by atoms with Crippen LogP contribution in [-0.2, 0) is 0 Å². The van der Waals surface area contributed by atoms with Gasteiger partial charge in [-0.25, -0.2) is 0 Å². The smallest absolute Gasteiger partial charge is 0.135 e. The van der Waals surface area contributed by atoms with Gasteiger partial charge in [-0.1, -0.05) is 18.2 Å². The van der Waals surface area contributed by atoms with Gasteiger partial charge in [0.15, 0.2) is 0 Å². The number of ether oxygens (including phenoxy) is 1. The van der Waals surface area contributed by atoms with E-state index in [1.165, 1.54) is 12.8 Å². The molecule has 0 unspecified atom stereocenters. The third-order valence-electron chi connectivity index (χ3n) is 4.03. The van der Waals surface area contributed by atoms with Gasteiger partial charge in [0.1, 0.15) is 23.5 Å². The molecule has 1 aromatic heterocycles. The Morgan fingerprint density at radius 3 is 2.81 bits per heavy atom. The van der Waals surface area contributed by atoms with E-state index in [-0.39, 0.29) is 0 Å². The molecule has 0 saturated heterocycles. The van der Waals surface area contributed by atoms with Gasteiger partial charge in [-0.2, -0.15) is 0 Å². The van der Waals surface area contributed by atoms with Crippen LogP contribution in [0.25, 0.3) is 21.9 Å². The summed E-state index contributed by atoms with van der Waals surface area (Å²) in [4.78, 5) is 0. The lowest BCUT2D eigenvalue weighted by Crippen LogP contribution is -2.23. The van der Waals surface area contributed by atoms with E-state index in [9.17, 15) is 0 Å². The first-order valence-electron chi connectivity index (χ1n) is 7.65. The number of nitrogens with one attached hydrogen (secondary N) is 1. The van der Waals surface area contributed by atoms with E-state index in [0.29, 0.717) is 6.61 Å². The second-order valence-corrected chi connectivity index (χ2v) is 5.75. The van der Waals surface area contributed by atoms with Crippen molar-refractivity contribution in [1.82, 2.24) is 5.32 Å². The summed E-state index contributed by atoms with van der Waals surface area (Å²) in [6, 6.07) is 14.1. The average Bonchev–Trinajstić information content (AvgIpc) is 3.26. The molecule has 0 amide bonds. The van der Waals surface area contributed by atoms with Crippen LogP contribution in [0.4, 0.5) is 0 Å². The normalized spacial score (nSPS) is 14.9. The summed E-state index contributed by atoms with van der Waals surface area (Å²) < 4.78 is 11.6. The van der Waals surface area contributed by atoms with Gasteiger partial charge < -0.3 is 14.5 Å².